The van der Waals surface area contributed by atoms with Crippen molar-refractivity contribution in [2.45, 2.75) is 6.92 Å². The van der Waals surface area contributed by atoms with Gasteiger partial charge in [0.25, 0.3) is 0 Å². The number of pyridine rings is 1. The molecule has 0 unspecified atom stereocenters. The maximum Gasteiger partial charge on any atom is 0.189 e. The number of rotatable bonds is 5. The number of carbonyl (C=O) groups excluding carboxylic acids is 1. The van der Waals surface area contributed by atoms with E-state index >= 15 is 0 Å². The molecule has 14 heavy (non-hydrogen) atoms. The minimum atomic E-state index is 0.0979. The van der Waals surface area contributed by atoms with Gasteiger partial charge in [-0.2, -0.15) is 0 Å². The van der Waals surface area contributed by atoms with Crippen LogP contribution in [-0.4, -0.2) is 24.7 Å². The lowest BCUT2D eigenvalue weighted by Crippen LogP contribution is -2.04. The number of aldehydes is 1. The first-order chi connectivity index (χ1) is 6.77. The second-order valence-corrected chi connectivity index (χ2v) is 2.80. The standard InChI is InChI=1S/C9H10ClNO3/c1-2-13-6-14-8-4-11-9(10)3-7(8)5-12/h3-5H,2,6H2,1H3. The average molecular weight is 216 g/mol. The van der Waals surface area contributed by atoms with Gasteiger partial charge >= 0.3 is 0 Å². The molecule has 0 saturated heterocycles. The Morgan fingerprint density at radius 3 is 3.07 bits per heavy atom. The zero-order valence-corrected chi connectivity index (χ0v) is 8.45. The van der Waals surface area contributed by atoms with Crippen molar-refractivity contribution < 1.29 is 14.3 Å². The lowest BCUT2D eigenvalue weighted by atomic mass is 10.3. The van der Waals surface area contributed by atoms with Crippen LogP contribution in [0.1, 0.15) is 17.3 Å². The third-order valence-electron chi connectivity index (χ3n) is 1.49. The average Bonchev–Trinajstić information content (AvgIpc) is 2.20. The van der Waals surface area contributed by atoms with E-state index in [-0.39, 0.29) is 11.9 Å². The van der Waals surface area contributed by atoms with Gasteiger partial charge in [0.15, 0.2) is 18.8 Å². The quantitative estimate of drug-likeness (QED) is 0.326. The molecule has 0 saturated carbocycles. The van der Waals surface area contributed by atoms with Crippen LogP contribution in [0.2, 0.25) is 5.15 Å². The fraction of sp³-hybridized carbons (Fsp3) is 0.333. The van der Waals surface area contributed by atoms with E-state index in [0.717, 1.165) is 0 Å². The SMILES string of the molecule is CCOCOc1cnc(Cl)cc1C=O. The maximum absolute atomic E-state index is 10.6. The number of aromatic nitrogens is 1. The van der Waals surface area contributed by atoms with Gasteiger partial charge in [-0.05, 0) is 13.0 Å². The molecule has 4 nitrogen and oxygen atoms in total. The van der Waals surface area contributed by atoms with Gasteiger partial charge in [-0.25, -0.2) is 4.98 Å². The van der Waals surface area contributed by atoms with Crippen LogP contribution >= 0.6 is 11.6 Å². The van der Waals surface area contributed by atoms with Crippen LogP contribution in [0, 0.1) is 0 Å². The van der Waals surface area contributed by atoms with Crippen molar-refractivity contribution in [3.8, 4) is 5.75 Å². The van der Waals surface area contributed by atoms with Gasteiger partial charge in [0, 0.05) is 6.61 Å². The predicted octanol–water partition coefficient (Wildman–Crippen LogP) is 1.92. The van der Waals surface area contributed by atoms with Gasteiger partial charge in [-0.15, -0.1) is 0 Å². The Balaban J connectivity index is 2.70. The van der Waals surface area contributed by atoms with Gasteiger partial charge < -0.3 is 9.47 Å². The Hall–Kier alpha value is -1.13. The highest BCUT2D eigenvalue weighted by atomic mass is 35.5. The van der Waals surface area contributed by atoms with Gasteiger partial charge in [0.05, 0.1) is 11.8 Å². The minimum absolute atomic E-state index is 0.0979. The van der Waals surface area contributed by atoms with Gasteiger partial charge in [0.2, 0.25) is 0 Å². The predicted molar refractivity (Wildman–Crippen MR) is 51.8 cm³/mol. The molecule has 1 heterocycles. The molecule has 0 amide bonds. The summed E-state index contributed by atoms with van der Waals surface area (Å²) < 4.78 is 10.1. The second kappa shape index (κ2) is 5.57. The molecule has 0 aliphatic heterocycles. The number of halogens is 1. The number of carbonyl (C=O) groups is 1. The number of hydrogen-bond acceptors (Lipinski definition) is 4. The summed E-state index contributed by atoms with van der Waals surface area (Å²) in [7, 11) is 0. The highest BCUT2D eigenvalue weighted by molar-refractivity contribution is 6.29. The summed E-state index contributed by atoms with van der Waals surface area (Å²) in [6.07, 6.45) is 2.06. The van der Waals surface area contributed by atoms with E-state index in [1.54, 1.807) is 0 Å². The van der Waals surface area contributed by atoms with Crippen LogP contribution in [0.3, 0.4) is 0 Å². The minimum Gasteiger partial charge on any atom is -0.465 e. The molecule has 0 spiro atoms. The van der Waals surface area contributed by atoms with E-state index in [4.69, 9.17) is 21.1 Å². The molecule has 0 bridgehead atoms. The van der Waals surface area contributed by atoms with Crippen LogP contribution in [-0.2, 0) is 4.74 Å². The molecule has 1 aromatic heterocycles. The summed E-state index contributed by atoms with van der Waals surface area (Å²) in [6.45, 7) is 2.50. The maximum atomic E-state index is 10.6. The van der Waals surface area contributed by atoms with Crippen LogP contribution in [0.5, 0.6) is 5.75 Å². The van der Waals surface area contributed by atoms with Crippen molar-refractivity contribution in [2.24, 2.45) is 0 Å². The smallest absolute Gasteiger partial charge is 0.189 e. The van der Waals surface area contributed by atoms with Crippen molar-refractivity contribution in [1.29, 1.82) is 0 Å². The normalized spacial score (nSPS) is 9.86. The molecule has 1 rings (SSSR count). The van der Waals surface area contributed by atoms with Crippen molar-refractivity contribution in [3.63, 3.8) is 0 Å². The number of nitrogens with zero attached hydrogens (tertiary/aromatic N) is 1. The zero-order valence-electron chi connectivity index (χ0n) is 7.70. The lowest BCUT2D eigenvalue weighted by molar-refractivity contribution is 0.0218. The molecule has 0 N–H and O–H groups in total. The molecule has 0 radical (unpaired) electrons. The summed E-state index contributed by atoms with van der Waals surface area (Å²) in [5.74, 6) is 0.373. The molecule has 0 atom stereocenters. The number of hydrogen-bond donors (Lipinski definition) is 0. The van der Waals surface area contributed by atoms with Crippen LogP contribution in [0.15, 0.2) is 12.3 Å². The van der Waals surface area contributed by atoms with E-state index in [2.05, 4.69) is 4.98 Å². The highest BCUT2D eigenvalue weighted by Crippen LogP contribution is 2.18. The van der Waals surface area contributed by atoms with Crippen molar-refractivity contribution in [1.82, 2.24) is 4.98 Å². The fourth-order valence-corrected chi connectivity index (χ4v) is 0.999. The summed E-state index contributed by atoms with van der Waals surface area (Å²) >= 11 is 5.60. The Bertz CT molecular complexity index is 317. The van der Waals surface area contributed by atoms with Crippen molar-refractivity contribution in [2.75, 3.05) is 13.4 Å². The van der Waals surface area contributed by atoms with E-state index < -0.39 is 0 Å². The molecule has 0 aliphatic carbocycles. The van der Waals surface area contributed by atoms with Gasteiger partial charge in [-0.1, -0.05) is 11.6 Å². The summed E-state index contributed by atoms with van der Waals surface area (Å²) in [4.78, 5) is 14.4. The van der Waals surface area contributed by atoms with Crippen LogP contribution in [0.4, 0.5) is 0 Å². The molecular formula is C9H10ClNO3. The molecule has 0 fully saturated rings. The Labute approximate surface area is 86.8 Å². The first-order valence-electron chi connectivity index (χ1n) is 4.09. The van der Waals surface area contributed by atoms with Gasteiger partial charge in [-0.3, -0.25) is 4.79 Å². The summed E-state index contributed by atoms with van der Waals surface area (Å²) in [5.41, 5.74) is 0.365. The number of ether oxygens (including phenoxy) is 2. The molecule has 5 heteroatoms. The third kappa shape index (κ3) is 2.97. The zero-order chi connectivity index (χ0) is 10.4. The Kier molecular flexibility index (Phi) is 4.35. The first kappa shape index (κ1) is 10.9. The molecule has 1 aromatic rings. The van der Waals surface area contributed by atoms with Crippen LogP contribution in [0.25, 0.3) is 0 Å². The Morgan fingerprint density at radius 2 is 2.43 bits per heavy atom. The second-order valence-electron chi connectivity index (χ2n) is 2.42. The molecule has 76 valence electrons. The monoisotopic (exact) mass is 215 g/mol. The lowest BCUT2D eigenvalue weighted by Gasteiger charge is -2.07. The largest absolute Gasteiger partial charge is 0.465 e. The molecular weight excluding hydrogens is 206 g/mol. The van der Waals surface area contributed by atoms with Crippen LogP contribution < -0.4 is 4.74 Å². The molecule has 0 aromatic carbocycles. The van der Waals surface area contributed by atoms with Crippen molar-refractivity contribution >= 4 is 17.9 Å². The third-order valence-corrected chi connectivity index (χ3v) is 1.70. The van der Waals surface area contributed by atoms with Crippen molar-refractivity contribution in [3.05, 3.63) is 23.0 Å². The first-order valence-corrected chi connectivity index (χ1v) is 4.47. The van der Waals surface area contributed by atoms with Gasteiger partial charge in [0.1, 0.15) is 5.15 Å². The van der Waals surface area contributed by atoms with E-state index in [9.17, 15) is 4.79 Å². The molecule has 0 aliphatic rings. The summed E-state index contributed by atoms with van der Waals surface area (Å²) in [6, 6.07) is 1.44. The van der Waals surface area contributed by atoms with E-state index in [1.165, 1.54) is 12.3 Å². The van der Waals surface area contributed by atoms with E-state index in [0.29, 0.717) is 24.2 Å². The summed E-state index contributed by atoms with van der Waals surface area (Å²) in [5, 5.41) is 0.260. The highest BCUT2D eigenvalue weighted by Gasteiger charge is 2.04. The fourth-order valence-electron chi connectivity index (χ4n) is 0.833. The Morgan fingerprint density at radius 1 is 1.64 bits per heavy atom. The van der Waals surface area contributed by atoms with E-state index in [1.807, 2.05) is 6.92 Å². The topological polar surface area (TPSA) is 48.4 Å².